The predicted molar refractivity (Wildman–Crippen MR) is 114 cm³/mol. The average molecular weight is 373 g/mol. The van der Waals surface area contributed by atoms with Crippen LogP contribution in [0.15, 0.2) is 84.0 Å². The first-order valence-electron chi connectivity index (χ1n) is 9.41. The lowest BCUT2D eigenvalue weighted by Gasteiger charge is -2.29. The summed E-state index contributed by atoms with van der Waals surface area (Å²) < 4.78 is 5.39. The van der Waals surface area contributed by atoms with Crippen LogP contribution in [0.1, 0.15) is 5.56 Å². The van der Waals surface area contributed by atoms with Crippen molar-refractivity contribution in [2.24, 2.45) is 5.10 Å². The highest BCUT2D eigenvalue weighted by atomic mass is 16.5. The molecular weight excluding hydrogens is 350 g/mol. The third-order valence-electron chi connectivity index (χ3n) is 4.70. The average Bonchev–Trinajstić information content (AvgIpc) is 2.77. The Hall–Kier alpha value is -3.31. The first kappa shape index (κ1) is 18.1. The quantitative estimate of drug-likeness (QED) is 0.532. The van der Waals surface area contributed by atoms with Crippen molar-refractivity contribution < 1.29 is 9.84 Å². The molecule has 3 aromatic carbocycles. The fourth-order valence-electron chi connectivity index (χ4n) is 3.20. The number of hydrazone groups is 1. The van der Waals surface area contributed by atoms with Crippen LogP contribution in [0.2, 0.25) is 0 Å². The Bertz CT molecular complexity index is 884. The second kappa shape index (κ2) is 8.59. The molecule has 1 saturated heterocycles. The molecule has 1 aliphatic rings. The minimum Gasteiger partial charge on any atom is -0.507 e. The summed E-state index contributed by atoms with van der Waals surface area (Å²) in [6.45, 7) is 3.10. The van der Waals surface area contributed by atoms with Gasteiger partial charge < -0.3 is 14.7 Å². The van der Waals surface area contributed by atoms with Crippen molar-refractivity contribution in [3.63, 3.8) is 0 Å². The second-order valence-electron chi connectivity index (χ2n) is 6.57. The van der Waals surface area contributed by atoms with Crippen molar-refractivity contribution in [3.8, 4) is 5.75 Å². The van der Waals surface area contributed by atoms with Gasteiger partial charge in [0, 0.05) is 30.4 Å². The summed E-state index contributed by atoms with van der Waals surface area (Å²) in [5, 5.41) is 17.0. The number of aromatic hydroxyl groups is 1. The number of ether oxygens (including phenoxy) is 1. The number of hydrogen-bond acceptors (Lipinski definition) is 5. The first-order chi connectivity index (χ1) is 13.8. The number of morpholine rings is 1. The fourth-order valence-corrected chi connectivity index (χ4v) is 3.20. The van der Waals surface area contributed by atoms with Gasteiger partial charge in [-0.15, -0.1) is 0 Å². The molecule has 4 rings (SSSR count). The highest BCUT2D eigenvalue weighted by molar-refractivity contribution is 5.86. The number of hydrogen-bond donors (Lipinski definition) is 1. The Morgan fingerprint density at radius 1 is 0.857 bits per heavy atom. The highest BCUT2D eigenvalue weighted by Gasteiger charge is 2.13. The third kappa shape index (κ3) is 4.15. The number of para-hydroxylation sites is 2. The van der Waals surface area contributed by atoms with Gasteiger partial charge in [0.05, 0.1) is 30.8 Å². The summed E-state index contributed by atoms with van der Waals surface area (Å²) in [5.74, 6) is 0.216. The Kier molecular flexibility index (Phi) is 5.54. The molecule has 3 aromatic rings. The van der Waals surface area contributed by atoms with E-state index in [4.69, 9.17) is 4.74 Å². The SMILES string of the molecule is Oc1cc(N2CCOCC2)ccc1C=NN(c1ccccc1)c1ccccc1. The van der Waals surface area contributed by atoms with Gasteiger partial charge in [0.2, 0.25) is 0 Å². The molecule has 1 heterocycles. The van der Waals surface area contributed by atoms with E-state index < -0.39 is 0 Å². The molecule has 142 valence electrons. The summed E-state index contributed by atoms with van der Waals surface area (Å²) in [6.07, 6.45) is 1.69. The summed E-state index contributed by atoms with van der Waals surface area (Å²) >= 11 is 0. The predicted octanol–water partition coefficient (Wildman–Crippen LogP) is 4.40. The van der Waals surface area contributed by atoms with Gasteiger partial charge in [0.1, 0.15) is 5.75 Å². The van der Waals surface area contributed by atoms with E-state index >= 15 is 0 Å². The standard InChI is InChI=1S/C23H23N3O2/c27-23-17-22(25-13-15-28-16-14-25)12-11-19(23)18-24-26(20-7-3-1-4-8-20)21-9-5-2-6-10-21/h1-12,17-18,27H,13-16H2. The smallest absolute Gasteiger partial charge is 0.126 e. The fraction of sp³-hybridized carbons (Fsp3) is 0.174. The molecule has 0 radical (unpaired) electrons. The monoisotopic (exact) mass is 373 g/mol. The number of anilines is 3. The van der Waals surface area contributed by atoms with E-state index in [1.54, 1.807) is 12.3 Å². The first-order valence-corrected chi connectivity index (χ1v) is 9.41. The normalized spacial score (nSPS) is 14.4. The van der Waals surface area contributed by atoms with Crippen LogP contribution < -0.4 is 9.91 Å². The van der Waals surface area contributed by atoms with Crippen LogP contribution in [0.25, 0.3) is 0 Å². The van der Waals surface area contributed by atoms with Crippen LogP contribution in [-0.2, 0) is 4.74 Å². The zero-order valence-electron chi connectivity index (χ0n) is 15.6. The van der Waals surface area contributed by atoms with Crippen molar-refractivity contribution in [2.45, 2.75) is 0 Å². The summed E-state index contributed by atoms with van der Waals surface area (Å²) in [5.41, 5.74) is 3.58. The lowest BCUT2D eigenvalue weighted by Crippen LogP contribution is -2.36. The number of phenolic OH excluding ortho intramolecular Hbond substituents is 1. The molecule has 28 heavy (non-hydrogen) atoms. The van der Waals surface area contributed by atoms with Crippen molar-refractivity contribution in [3.05, 3.63) is 84.4 Å². The number of rotatable bonds is 5. The van der Waals surface area contributed by atoms with Gasteiger partial charge in [-0.05, 0) is 36.4 Å². The van der Waals surface area contributed by atoms with E-state index in [9.17, 15) is 5.11 Å². The van der Waals surface area contributed by atoms with Crippen molar-refractivity contribution in [2.75, 3.05) is 36.2 Å². The Morgan fingerprint density at radius 2 is 1.46 bits per heavy atom. The zero-order valence-corrected chi connectivity index (χ0v) is 15.6. The molecular formula is C23H23N3O2. The molecule has 0 aliphatic carbocycles. The van der Waals surface area contributed by atoms with E-state index in [2.05, 4.69) is 10.0 Å². The van der Waals surface area contributed by atoms with E-state index in [1.807, 2.05) is 77.8 Å². The third-order valence-corrected chi connectivity index (χ3v) is 4.70. The molecule has 1 aliphatic heterocycles. The molecule has 0 bridgehead atoms. The maximum atomic E-state index is 10.5. The maximum absolute atomic E-state index is 10.5. The van der Waals surface area contributed by atoms with Crippen LogP contribution >= 0.6 is 0 Å². The zero-order chi connectivity index (χ0) is 19.2. The molecule has 0 spiro atoms. The van der Waals surface area contributed by atoms with Gasteiger partial charge >= 0.3 is 0 Å². The van der Waals surface area contributed by atoms with Crippen molar-refractivity contribution in [1.29, 1.82) is 0 Å². The minimum atomic E-state index is 0.216. The van der Waals surface area contributed by atoms with Gasteiger partial charge in [-0.2, -0.15) is 5.10 Å². The molecule has 1 N–H and O–H groups in total. The topological polar surface area (TPSA) is 48.3 Å². The molecule has 5 heteroatoms. The maximum Gasteiger partial charge on any atom is 0.126 e. The molecule has 0 aromatic heterocycles. The van der Waals surface area contributed by atoms with Crippen molar-refractivity contribution >= 4 is 23.3 Å². The second-order valence-corrected chi connectivity index (χ2v) is 6.57. The lowest BCUT2D eigenvalue weighted by molar-refractivity contribution is 0.122. The minimum absolute atomic E-state index is 0.216. The van der Waals surface area contributed by atoms with Crippen LogP contribution in [0.5, 0.6) is 5.75 Å². The van der Waals surface area contributed by atoms with Gasteiger partial charge in [-0.1, -0.05) is 36.4 Å². The summed E-state index contributed by atoms with van der Waals surface area (Å²) in [6, 6.07) is 25.6. The molecule has 0 unspecified atom stereocenters. The Balaban J connectivity index is 1.60. The lowest BCUT2D eigenvalue weighted by atomic mass is 10.1. The Labute approximate surface area is 165 Å². The molecule has 1 fully saturated rings. The number of phenols is 1. The van der Waals surface area contributed by atoms with E-state index in [-0.39, 0.29) is 5.75 Å². The summed E-state index contributed by atoms with van der Waals surface area (Å²) in [4.78, 5) is 2.21. The van der Waals surface area contributed by atoms with Crippen LogP contribution in [-0.4, -0.2) is 37.6 Å². The van der Waals surface area contributed by atoms with Gasteiger partial charge in [-0.3, -0.25) is 0 Å². The van der Waals surface area contributed by atoms with Gasteiger partial charge in [0.25, 0.3) is 0 Å². The van der Waals surface area contributed by atoms with Crippen LogP contribution in [0, 0.1) is 0 Å². The molecule has 0 saturated carbocycles. The molecule has 0 atom stereocenters. The van der Waals surface area contributed by atoms with Crippen LogP contribution in [0.3, 0.4) is 0 Å². The largest absolute Gasteiger partial charge is 0.507 e. The van der Waals surface area contributed by atoms with E-state index in [0.717, 1.165) is 30.2 Å². The number of benzene rings is 3. The van der Waals surface area contributed by atoms with Crippen LogP contribution in [0.4, 0.5) is 17.1 Å². The Morgan fingerprint density at radius 3 is 2.04 bits per heavy atom. The molecule has 0 amide bonds. The highest BCUT2D eigenvalue weighted by Crippen LogP contribution is 2.27. The number of nitrogens with zero attached hydrogens (tertiary/aromatic N) is 3. The van der Waals surface area contributed by atoms with Gasteiger partial charge in [0.15, 0.2) is 0 Å². The van der Waals surface area contributed by atoms with E-state index in [1.165, 1.54) is 0 Å². The van der Waals surface area contributed by atoms with Crippen molar-refractivity contribution in [1.82, 2.24) is 0 Å². The van der Waals surface area contributed by atoms with E-state index in [0.29, 0.717) is 18.8 Å². The molecule has 5 nitrogen and oxygen atoms in total. The summed E-state index contributed by atoms with van der Waals surface area (Å²) in [7, 11) is 0. The van der Waals surface area contributed by atoms with Gasteiger partial charge in [-0.25, -0.2) is 5.01 Å².